The zero-order valence-electron chi connectivity index (χ0n) is 24.7. The summed E-state index contributed by atoms with van der Waals surface area (Å²) in [5.74, 6) is -1.08. The number of hydrogen-bond acceptors (Lipinski definition) is 9. The molecule has 9 nitrogen and oxygen atoms in total. The number of pyridine rings is 1. The van der Waals surface area contributed by atoms with E-state index in [2.05, 4.69) is 25.7 Å². The number of carbonyl (C=O) groups is 1. The van der Waals surface area contributed by atoms with Gasteiger partial charge in [0.05, 0.1) is 23.7 Å². The van der Waals surface area contributed by atoms with E-state index in [0.717, 1.165) is 23.6 Å². The van der Waals surface area contributed by atoms with Crippen molar-refractivity contribution in [2.24, 2.45) is 0 Å². The van der Waals surface area contributed by atoms with Gasteiger partial charge in [0, 0.05) is 35.0 Å². The number of benzene rings is 1. The fourth-order valence-corrected chi connectivity index (χ4v) is 5.59. The van der Waals surface area contributed by atoms with E-state index in [1.54, 1.807) is 30.0 Å². The third-order valence-corrected chi connectivity index (χ3v) is 7.82. The molecule has 0 saturated carbocycles. The minimum Gasteiger partial charge on any atom is -0.490 e. The molecule has 5 rings (SSSR count). The number of thiophene rings is 1. The molecule has 1 aliphatic rings. The minimum atomic E-state index is -6.00. The number of fused-ring (bicyclic) bond motifs is 2. The van der Waals surface area contributed by atoms with Gasteiger partial charge in [0.2, 0.25) is 5.88 Å². The van der Waals surface area contributed by atoms with Gasteiger partial charge in [-0.3, -0.25) is 14.4 Å². The molecule has 1 aromatic carbocycles. The summed E-state index contributed by atoms with van der Waals surface area (Å²) in [5, 5.41) is 6.24. The molecule has 0 spiro atoms. The van der Waals surface area contributed by atoms with Crippen LogP contribution in [0.4, 0.5) is 17.6 Å². The SMILES string of the molecule is C=CC=O.CC.CC(C)Oc1cc(F)ccc1-c1c(-c2cc3n(n2)CCN(C)C3)nc(OS(=O)(=O)C(F)(F)F)c2ccsc12. The van der Waals surface area contributed by atoms with Crippen molar-refractivity contribution in [3.63, 3.8) is 0 Å². The Morgan fingerprint density at radius 1 is 1.14 bits per heavy atom. The maximum absolute atomic E-state index is 14.2. The molecule has 0 bridgehead atoms. The normalized spacial score (nSPS) is 13.3. The number of likely N-dealkylation sites (N-methyl/N-ethyl adjacent to an activating group) is 1. The topological polar surface area (TPSA) is 104 Å². The second-order valence-electron chi connectivity index (χ2n) is 9.45. The van der Waals surface area contributed by atoms with E-state index in [9.17, 15) is 26.0 Å². The highest BCUT2D eigenvalue weighted by Crippen LogP contribution is 2.46. The molecule has 0 radical (unpaired) electrons. The van der Waals surface area contributed by atoms with Crippen LogP contribution < -0.4 is 8.92 Å². The lowest BCUT2D eigenvalue weighted by molar-refractivity contribution is -0.104. The van der Waals surface area contributed by atoms with Crippen LogP contribution in [-0.2, 0) is 28.0 Å². The van der Waals surface area contributed by atoms with Crippen LogP contribution in [0.3, 0.4) is 0 Å². The Kier molecular flexibility index (Phi) is 11.3. The van der Waals surface area contributed by atoms with Gasteiger partial charge < -0.3 is 8.92 Å². The van der Waals surface area contributed by atoms with Crippen molar-refractivity contribution in [1.29, 1.82) is 0 Å². The van der Waals surface area contributed by atoms with Gasteiger partial charge in [0.1, 0.15) is 29.2 Å². The first kappa shape index (κ1) is 34.7. The van der Waals surface area contributed by atoms with Gasteiger partial charge in [-0.15, -0.1) is 11.3 Å². The maximum atomic E-state index is 14.2. The third-order valence-electron chi connectivity index (χ3n) is 5.95. The molecule has 0 N–H and O–H groups in total. The van der Waals surface area contributed by atoms with Crippen molar-refractivity contribution in [2.75, 3.05) is 13.6 Å². The number of nitrogens with zero attached hydrogens (tertiary/aromatic N) is 4. The van der Waals surface area contributed by atoms with Gasteiger partial charge in [-0.25, -0.2) is 9.37 Å². The van der Waals surface area contributed by atoms with Crippen molar-refractivity contribution in [2.45, 2.75) is 52.4 Å². The molecular formula is C29H32F4N4O5S2. The molecule has 0 atom stereocenters. The maximum Gasteiger partial charge on any atom is 0.534 e. The lowest BCUT2D eigenvalue weighted by Crippen LogP contribution is -2.30. The molecule has 0 amide bonds. The summed E-state index contributed by atoms with van der Waals surface area (Å²) < 4.78 is 90.3. The lowest BCUT2D eigenvalue weighted by atomic mass is 9.99. The quantitative estimate of drug-likeness (QED) is 0.0702. The van der Waals surface area contributed by atoms with E-state index < -0.39 is 27.3 Å². The summed E-state index contributed by atoms with van der Waals surface area (Å²) in [7, 11) is -4.06. The van der Waals surface area contributed by atoms with Crippen molar-refractivity contribution >= 4 is 37.8 Å². The zero-order valence-corrected chi connectivity index (χ0v) is 26.3. The Hall–Kier alpha value is -3.82. The highest BCUT2D eigenvalue weighted by Gasteiger charge is 2.49. The monoisotopic (exact) mass is 656 g/mol. The fourth-order valence-electron chi connectivity index (χ4n) is 4.21. The van der Waals surface area contributed by atoms with Crippen LogP contribution in [0.25, 0.3) is 32.6 Å². The van der Waals surface area contributed by atoms with Gasteiger partial charge in [-0.1, -0.05) is 20.4 Å². The Morgan fingerprint density at radius 2 is 1.82 bits per heavy atom. The first-order valence-corrected chi connectivity index (χ1v) is 15.7. The highest BCUT2D eigenvalue weighted by molar-refractivity contribution is 7.88. The first-order valence-electron chi connectivity index (χ1n) is 13.5. The second-order valence-corrected chi connectivity index (χ2v) is 11.9. The summed E-state index contributed by atoms with van der Waals surface area (Å²) in [6.07, 6.45) is 1.51. The molecule has 44 heavy (non-hydrogen) atoms. The number of halogens is 4. The average Bonchev–Trinajstić information content (AvgIpc) is 3.61. The number of carbonyl (C=O) groups excluding carboxylic acids is 1. The van der Waals surface area contributed by atoms with Gasteiger partial charge >= 0.3 is 15.6 Å². The summed E-state index contributed by atoms with van der Waals surface area (Å²) in [6, 6.07) is 7.10. The summed E-state index contributed by atoms with van der Waals surface area (Å²) in [5.41, 5.74) is -3.60. The molecule has 0 unspecified atom stereocenters. The largest absolute Gasteiger partial charge is 0.534 e. The van der Waals surface area contributed by atoms with E-state index in [4.69, 9.17) is 9.53 Å². The van der Waals surface area contributed by atoms with E-state index in [1.165, 1.54) is 30.3 Å². The van der Waals surface area contributed by atoms with E-state index >= 15 is 0 Å². The Morgan fingerprint density at radius 3 is 2.43 bits per heavy atom. The van der Waals surface area contributed by atoms with Gasteiger partial charge in [-0.2, -0.15) is 26.7 Å². The smallest absolute Gasteiger partial charge is 0.490 e. The van der Waals surface area contributed by atoms with Crippen LogP contribution >= 0.6 is 11.3 Å². The van der Waals surface area contributed by atoms with E-state index in [0.29, 0.717) is 40.9 Å². The first-order chi connectivity index (χ1) is 20.8. The van der Waals surface area contributed by atoms with Crippen molar-refractivity contribution < 1.29 is 39.7 Å². The van der Waals surface area contributed by atoms with Crippen LogP contribution in [0.5, 0.6) is 11.6 Å². The molecule has 15 heteroatoms. The molecule has 1 aliphatic heterocycles. The minimum absolute atomic E-state index is 0.0464. The third kappa shape index (κ3) is 7.63. The van der Waals surface area contributed by atoms with Gasteiger partial charge in [-0.05, 0) is 56.6 Å². The summed E-state index contributed by atoms with van der Waals surface area (Å²) in [6.45, 7) is 12.5. The summed E-state index contributed by atoms with van der Waals surface area (Å²) in [4.78, 5) is 15.4. The zero-order chi connectivity index (χ0) is 32.8. The second kappa shape index (κ2) is 14.3. The molecule has 0 saturated heterocycles. The predicted molar refractivity (Wildman–Crippen MR) is 162 cm³/mol. The van der Waals surface area contributed by atoms with Crippen LogP contribution in [-0.4, -0.2) is 59.6 Å². The summed E-state index contributed by atoms with van der Waals surface area (Å²) >= 11 is 1.14. The molecular weight excluding hydrogens is 624 g/mol. The molecule has 0 fully saturated rings. The molecule has 3 aromatic heterocycles. The number of ether oxygens (including phenoxy) is 1. The number of hydrogen-bond donors (Lipinski definition) is 0. The number of aromatic nitrogens is 3. The average molecular weight is 657 g/mol. The molecule has 0 aliphatic carbocycles. The Labute approximate surface area is 256 Å². The van der Waals surface area contributed by atoms with Crippen LogP contribution in [0.1, 0.15) is 33.4 Å². The number of alkyl halides is 3. The van der Waals surface area contributed by atoms with Crippen LogP contribution in [0, 0.1) is 5.82 Å². The Balaban J connectivity index is 0.000000816. The van der Waals surface area contributed by atoms with Gasteiger partial charge in [0.25, 0.3) is 0 Å². The molecule has 4 aromatic rings. The Bertz CT molecular complexity index is 1730. The molecule has 4 heterocycles. The number of aldehydes is 1. The van der Waals surface area contributed by atoms with Crippen molar-refractivity contribution in [3.05, 3.63) is 59.9 Å². The fraction of sp³-hybridized carbons (Fsp3) is 0.345. The van der Waals surface area contributed by atoms with Crippen molar-refractivity contribution in [3.8, 4) is 34.1 Å². The van der Waals surface area contributed by atoms with E-state index in [1.807, 2.05) is 20.9 Å². The molecule has 238 valence electrons. The van der Waals surface area contributed by atoms with Crippen molar-refractivity contribution in [1.82, 2.24) is 19.7 Å². The number of rotatable bonds is 7. The van der Waals surface area contributed by atoms with E-state index in [-0.39, 0.29) is 22.9 Å². The van der Waals surface area contributed by atoms with Crippen LogP contribution in [0.2, 0.25) is 0 Å². The lowest BCUT2D eigenvalue weighted by Gasteiger charge is -2.22. The number of allylic oxidation sites excluding steroid dienone is 1. The van der Waals surface area contributed by atoms with Crippen LogP contribution in [0.15, 0.2) is 48.4 Å². The highest BCUT2D eigenvalue weighted by atomic mass is 32.2. The predicted octanol–water partition coefficient (Wildman–Crippen LogP) is 6.82. The van der Waals surface area contributed by atoms with Gasteiger partial charge in [0.15, 0.2) is 0 Å². The standard InChI is InChI=1S/C24H22F4N4O4S2.C3H4O.C2H6/c1-13(2)35-19-10-14(25)4-5-16(19)20-21(18-11-15-12-31(3)7-8-32(15)30-18)29-23(17-6-9-37-22(17)20)36-38(33,34)24(26,27)28;1-2-3-4;1-2/h4-6,9-11,13H,7-8,12H2,1-3H3;2-3H,1H2;1-2H3.